The number of aryl methyl sites for hydroxylation is 1. The lowest BCUT2D eigenvalue weighted by atomic mass is 9.90. The second-order valence-electron chi connectivity index (χ2n) is 5.71. The van der Waals surface area contributed by atoms with Crippen LogP contribution in [-0.4, -0.2) is 42.1 Å². The summed E-state index contributed by atoms with van der Waals surface area (Å²) in [6, 6.07) is 6.02. The molecule has 0 aliphatic heterocycles. The topological polar surface area (TPSA) is 52.6 Å². The number of phenols is 1. The number of carbonyl (C=O) groups excluding carboxylic acids is 1. The van der Waals surface area contributed by atoms with E-state index in [1.807, 2.05) is 25.9 Å². The first-order valence-electron chi connectivity index (χ1n) is 7.27. The van der Waals surface area contributed by atoms with E-state index < -0.39 is 0 Å². The van der Waals surface area contributed by atoms with Gasteiger partial charge in [-0.3, -0.25) is 4.79 Å². The zero-order valence-electron chi connectivity index (χ0n) is 12.5. The van der Waals surface area contributed by atoms with Gasteiger partial charge in [-0.2, -0.15) is 0 Å². The summed E-state index contributed by atoms with van der Waals surface area (Å²) in [6.45, 7) is 1.83. The van der Waals surface area contributed by atoms with Crippen LogP contribution in [0.5, 0.6) is 5.75 Å². The van der Waals surface area contributed by atoms with E-state index in [1.54, 1.807) is 18.2 Å². The van der Waals surface area contributed by atoms with E-state index in [4.69, 9.17) is 0 Å². The van der Waals surface area contributed by atoms with Gasteiger partial charge < -0.3 is 15.3 Å². The Balaban J connectivity index is 2.03. The Morgan fingerprint density at radius 3 is 2.50 bits per heavy atom. The van der Waals surface area contributed by atoms with Gasteiger partial charge in [-0.25, -0.2) is 0 Å². The maximum absolute atomic E-state index is 12.5. The van der Waals surface area contributed by atoms with Crippen molar-refractivity contribution in [2.45, 2.75) is 44.7 Å². The second-order valence-corrected chi connectivity index (χ2v) is 5.71. The average molecular weight is 276 g/mol. The third-order valence-corrected chi connectivity index (χ3v) is 4.43. The van der Waals surface area contributed by atoms with Crippen LogP contribution in [-0.2, 0) is 0 Å². The van der Waals surface area contributed by atoms with Gasteiger partial charge in [-0.05, 0) is 57.4 Å². The lowest BCUT2D eigenvalue weighted by molar-refractivity contribution is 0.0685. The first-order chi connectivity index (χ1) is 9.52. The van der Waals surface area contributed by atoms with Gasteiger partial charge in [-0.1, -0.05) is 6.07 Å². The van der Waals surface area contributed by atoms with Crippen LogP contribution in [0, 0.1) is 6.92 Å². The molecule has 0 aromatic heterocycles. The molecule has 0 spiro atoms. The molecule has 0 unspecified atom stereocenters. The first-order valence-corrected chi connectivity index (χ1v) is 7.27. The molecule has 20 heavy (non-hydrogen) atoms. The molecule has 2 N–H and O–H groups in total. The lowest BCUT2D eigenvalue weighted by Crippen LogP contribution is -2.42. The molecule has 4 heteroatoms. The third kappa shape index (κ3) is 3.12. The number of nitrogens with one attached hydrogen (secondary N) is 1. The van der Waals surface area contributed by atoms with Crippen molar-refractivity contribution < 1.29 is 9.90 Å². The predicted molar refractivity (Wildman–Crippen MR) is 80.0 cm³/mol. The Bertz CT molecular complexity index is 479. The molecular weight excluding hydrogens is 252 g/mol. The molecule has 1 aliphatic rings. The minimum Gasteiger partial charge on any atom is -0.508 e. The fourth-order valence-corrected chi connectivity index (χ4v) is 2.86. The Kier molecular flexibility index (Phi) is 4.65. The van der Waals surface area contributed by atoms with E-state index in [9.17, 15) is 9.90 Å². The smallest absolute Gasteiger partial charge is 0.253 e. The first kappa shape index (κ1) is 14.9. The molecule has 0 heterocycles. The lowest BCUT2D eigenvalue weighted by Gasteiger charge is -2.34. The quantitative estimate of drug-likeness (QED) is 0.890. The van der Waals surface area contributed by atoms with Crippen LogP contribution in [0.15, 0.2) is 18.2 Å². The van der Waals surface area contributed by atoms with Gasteiger partial charge in [0.2, 0.25) is 0 Å². The summed E-state index contributed by atoms with van der Waals surface area (Å²) in [5.74, 6) is 0.177. The van der Waals surface area contributed by atoms with Crippen LogP contribution in [0.4, 0.5) is 0 Å². The Labute approximate surface area is 120 Å². The highest BCUT2D eigenvalue weighted by Gasteiger charge is 2.26. The van der Waals surface area contributed by atoms with E-state index in [1.165, 1.54) is 0 Å². The molecule has 0 saturated heterocycles. The molecule has 1 fully saturated rings. The average Bonchev–Trinajstić information content (AvgIpc) is 2.48. The summed E-state index contributed by atoms with van der Waals surface area (Å²) in [5.41, 5.74) is 1.35. The largest absolute Gasteiger partial charge is 0.508 e. The standard InChI is InChI=1S/C16H24N2O2/c1-11-4-5-12(10-15(11)19)16(20)18(3)14-8-6-13(17-2)7-9-14/h4-5,10,13-14,17,19H,6-9H2,1-3H3. The molecule has 1 aliphatic carbocycles. The minimum atomic E-state index is -0.00629. The number of hydrogen-bond donors (Lipinski definition) is 2. The third-order valence-electron chi connectivity index (χ3n) is 4.43. The molecular formula is C16H24N2O2. The van der Waals surface area contributed by atoms with Crippen molar-refractivity contribution in [2.24, 2.45) is 0 Å². The summed E-state index contributed by atoms with van der Waals surface area (Å²) >= 11 is 0. The zero-order valence-corrected chi connectivity index (χ0v) is 12.5. The van der Waals surface area contributed by atoms with E-state index >= 15 is 0 Å². The van der Waals surface area contributed by atoms with Crippen molar-refractivity contribution in [1.82, 2.24) is 10.2 Å². The summed E-state index contributed by atoms with van der Waals surface area (Å²) in [5, 5.41) is 13.0. The number of aromatic hydroxyl groups is 1. The van der Waals surface area contributed by atoms with Gasteiger partial charge >= 0.3 is 0 Å². The van der Waals surface area contributed by atoms with Crippen molar-refractivity contribution >= 4 is 5.91 Å². The van der Waals surface area contributed by atoms with Gasteiger partial charge in [0.05, 0.1) is 0 Å². The second kappa shape index (κ2) is 6.27. The highest BCUT2D eigenvalue weighted by atomic mass is 16.3. The van der Waals surface area contributed by atoms with E-state index in [0.29, 0.717) is 17.6 Å². The van der Waals surface area contributed by atoms with Crippen LogP contribution in [0.25, 0.3) is 0 Å². The molecule has 0 bridgehead atoms. The van der Waals surface area contributed by atoms with Gasteiger partial charge in [-0.15, -0.1) is 0 Å². The number of hydrogen-bond acceptors (Lipinski definition) is 3. The summed E-state index contributed by atoms with van der Waals surface area (Å²) in [7, 11) is 3.86. The van der Waals surface area contributed by atoms with Crippen LogP contribution in [0.2, 0.25) is 0 Å². The summed E-state index contributed by atoms with van der Waals surface area (Å²) in [6.07, 6.45) is 4.28. The van der Waals surface area contributed by atoms with Crippen LogP contribution in [0.1, 0.15) is 41.6 Å². The van der Waals surface area contributed by atoms with Crippen LogP contribution >= 0.6 is 0 Å². The maximum Gasteiger partial charge on any atom is 0.253 e. The Morgan fingerprint density at radius 2 is 1.95 bits per heavy atom. The Morgan fingerprint density at radius 1 is 1.30 bits per heavy atom. The SMILES string of the molecule is CNC1CCC(N(C)C(=O)c2ccc(C)c(O)c2)CC1. The van der Waals surface area contributed by atoms with Crippen molar-refractivity contribution in [1.29, 1.82) is 0 Å². The van der Waals surface area contributed by atoms with Gasteiger partial charge in [0.25, 0.3) is 5.91 Å². The minimum absolute atomic E-state index is 0.00629. The van der Waals surface area contributed by atoms with Crippen LogP contribution in [0.3, 0.4) is 0 Å². The number of nitrogens with zero attached hydrogens (tertiary/aromatic N) is 1. The molecule has 1 aromatic rings. The molecule has 4 nitrogen and oxygen atoms in total. The molecule has 0 atom stereocenters. The molecule has 2 rings (SSSR count). The van der Waals surface area contributed by atoms with E-state index in [2.05, 4.69) is 5.32 Å². The van der Waals surface area contributed by atoms with Crippen molar-refractivity contribution in [3.63, 3.8) is 0 Å². The molecule has 1 amide bonds. The molecule has 1 saturated carbocycles. The van der Waals surface area contributed by atoms with Crippen molar-refractivity contribution in [3.05, 3.63) is 29.3 Å². The van der Waals surface area contributed by atoms with Crippen LogP contribution < -0.4 is 5.32 Å². The monoisotopic (exact) mass is 276 g/mol. The molecule has 110 valence electrons. The highest BCUT2D eigenvalue weighted by Crippen LogP contribution is 2.24. The maximum atomic E-state index is 12.5. The highest BCUT2D eigenvalue weighted by molar-refractivity contribution is 5.94. The number of amides is 1. The van der Waals surface area contributed by atoms with E-state index in [-0.39, 0.29) is 11.7 Å². The fourth-order valence-electron chi connectivity index (χ4n) is 2.86. The summed E-state index contributed by atoms with van der Waals surface area (Å²) in [4.78, 5) is 14.3. The molecule has 0 radical (unpaired) electrons. The van der Waals surface area contributed by atoms with Crippen molar-refractivity contribution in [3.8, 4) is 5.75 Å². The van der Waals surface area contributed by atoms with E-state index in [0.717, 1.165) is 31.2 Å². The van der Waals surface area contributed by atoms with Gasteiger partial charge in [0.15, 0.2) is 0 Å². The Hall–Kier alpha value is -1.55. The predicted octanol–water partition coefficient (Wildman–Crippen LogP) is 2.30. The number of carbonyl (C=O) groups is 1. The number of benzene rings is 1. The van der Waals surface area contributed by atoms with Gasteiger partial charge in [0.1, 0.15) is 5.75 Å². The number of phenolic OH excluding ortho intramolecular Hbond substituents is 1. The normalized spacial score (nSPS) is 22.6. The summed E-state index contributed by atoms with van der Waals surface area (Å²) < 4.78 is 0. The number of rotatable bonds is 3. The van der Waals surface area contributed by atoms with Gasteiger partial charge in [0, 0.05) is 24.7 Å². The fraction of sp³-hybridized carbons (Fsp3) is 0.562. The zero-order chi connectivity index (χ0) is 14.7. The molecule has 1 aromatic carbocycles. The van der Waals surface area contributed by atoms with Crippen molar-refractivity contribution in [2.75, 3.05) is 14.1 Å².